The Balaban J connectivity index is 2.37. The molecule has 1 aromatic carbocycles. The molecule has 18 heavy (non-hydrogen) atoms. The fourth-order valence-corrected chi connectivity index (χ4v) is 1.99. The molecule has 3 nitrogen and oxygen atoms in total. The molecule has 0 unspecified atom stereocenters. The molecule has 2 aromatic rings. The number of ether oxygens (including phenoxy) is 1. The van der Waals surface area contributed by atoms with Gasteiger partial charge in [0.2, 0.25) is 5.88 Å². The lowest BCUT2D eigenvalue weighted by atomic mass is 10.3. The van der Waals surface area contributed by atoms with Crippen molar-refractivity contribution in [2.24, 2.45) is 0 Å². The van der Waals surface area contributed by atoms with Crippen LogP contribution in [0.1, 0.15) is 0 Å². The number of rotatable bonds is 2. The van der Waals surface area contributed by atoms with Gasteiger partial charge in [0.25, 0.3) is 0 Å². The second-order valence-corrected chi connectivity index (χ2v) is 4.98. The van der Waals surface area contributed by atoms with Crippen molar-refractivity contribution >= 4 is 52.1 Å². The van der Waals surface area contributed by atoms with E-state index in [9.17, 15) is 0 Å². The average Bonchev–Trinajstić information content (AvgIpc) is 2.29. The van der Waals surface area contributed by atoms with E-state index in [2.05, 4.69) is 4.98 Å². The lowest BCUT2D eigenvalue weighted by molar-refractivity contribution is 0.463. The van der Waals surface area contributed by atoms with Crippen molar-refractivity contribution in [3.63, 3.8) is 0 Å². The van der Waals surface area contributed by atoms with Gasteiger partial charge < -0.3 is 10.5 Å². The highest BCUT2D eigenvalue weighted by Crippen LogP contribution is 2.37. The van der Waals surface area contributed by atoms with Crippen molar-refractivity contribution in [3.05, 3.63) is 44.5 Å². The molecule has 7 heteroatoms. The number of halogens is 4. The van der Waals surface area contributed by atoms with E-state index in [0.717, 1.165) is 0 Å². The second-order valence-electron chi connectivity index (χ2n) is 3.35. The molecule has 0 aliphatic rings. The molecule has 0 bridgehead atoms. The third kappa shape index (κ3) is 2.93. The van der Waals surface area contributed by atoms with E-state index in [1.165, 1.54) is 24.4 Å². The second kappa shape index (κ2) is 5.41. The molecule has 94 valence electrons. The van der Waals surface area contributed by atoms with Gasteiger partial charge in [-0.3, -0.25) is 0 Å². The van der Waals surface area contributed by atoms with Crippen LogP contribution >= 0.6 is 46.4 Å². The fraction of sp³-hybridized carbons (Fsp3) is 0. The zero-order valence-corrected chi connectivity index (χ0v) is 11.8. The summed E-state index contributed by atoms with van der Waals surface area (Å²) in [5, 5.41) is 1.24. The van der Waals surface area contributed by atoms with Gasteiger partial charge in [-0.05, 0) is 12.1 Å². The molecular weight excluding hydrogens is 318 g/mol. The van der Waals surface area contributed by atoms with Gasteiger partial charge in [0.15, 0.2) is 0 Å². The highest BCUT2D eigenvalue weighted by Gasteiger charge is 2.11. The minimum absolute atomic E-state index is 0.186. The lowest BCUT2D eigenvalue weighted by Crippen LogP contribution is -1.92. The molecule has 0 atom stereocenters. The van der Waals surface area contributed by atoms with Crippen LogP contribution in [-0.2, 0) is 0 Å². The smallest absolute Gasteiger partial charge is 0.238 e. The van der Waals surface area contributed by atoms with E-state index in [1.54, 1.807) is 0 Å². The summed E-state index contributed by atoms with van der Waals surface area (Å²) < 4.78 is 5.46. The number of hydrogen-bond acceptors (Lipinski definition) is 3. The Labute approximate surface area is 123 Å². The van der Waals surface area contributed by atoms with Gasteiger partial charge in [0.05, 0.1) is 27.0 Å². The van der Waals surface area contributed by atoms with Gasteiger partial charge in [-0.1, -0.05) is 46.4 Å². The Morgan fingerprint density at radius 3 is 2.22 bits per heavy atom. The monoisotopic (exact) mass is 322 g/mol. The number of nitrogens with zero attached hydrogens (tertiary/aromatic N) is 1. The van der Waals surface area contributed by atoms with E-state index in [0.29, 0.717) is 26.5 Å². The first kappa shape index (κ1) is 13.6. The molecule has 0 saturated heterocycles. The van der Waals surface area contributed by atoms with Crippen molar-refractivity contribution in [2.75, 3.05) is 5.73 Å². The summed E-state index contributed by atoms with van der Waals surface area (Å²) in [6.45, 7) is 0. The normalized spacial score (nSPS) is 10.4. The molecule has 0 aliphatic heterocycles. The summed E-state index contributed by atoms with van der Waals surface area (Å²) >= 11 is 23.6. The van der Waals surface area contributed by atoms with Crippen molar-refractivity contribution in [2.45, 2.75) is 0 Å². The van der Waals surface area contributed by atoms with E-state index < -0.39 is 0 Å². The summed E-state index contributed by atoms with van der Waals surface area (Å²) in [6, 6.07) is 4.49. The predicted molar refractivity (Wildman–Crippen MR) is 75.2 cm³/mol. The number of nitrogen functional groups attached to an aromatic ring is 1. The molecular formula is C11H6Cl4N2O. The zero-order chi connectivity index (χ0) is 13.3. The van der Waals surface area contributed by atoms with Gasteiger partial charge in [-0.25, -0.2) is 4.98 Å². The van der Waals surface area contributed by atoms with Crippen molar-refractivity contribution in [1.29, 1.82) is 0 Å². The number of anilines is 1. The molecule has 0 amide bonds. The van der Waals surface area contributed by atoms with Gasteiger partial charge in [-0.2, -0.15) is 0 Å². The zero-order valence-electron chi connectivity index (χ0n) is 8.75. The Bertz CT molecular complexity index is 604. The first-order valence-corrected chi connectivity index (χ1v) is 6.22. The van der Waals surface area contributed by atoms with Crippen LogP contribution in [0.25, 0.3) is 0 Å². The summed E-state index contributed by atoms with van der Waals surface area (Å²) in [7, 11) is 0. The standard InChI is InChI=1S/C11H6Cl4N2O/c12-6-2-8(14)10(3-7(6)13)18-11-9(15)1-5(16)4-17-11/h1-4H,16H2. The topological polar surface area (TPSA) is 48.1 Å². The first-order valence-electron chi connectivity index (χ1n) is 4.71. The third-order valence-electron chi connectivity index (χ3n) is 2.01. The number of pyridine rings is 1. The number of benzene rings is 1. The average molecular weight is 324 g/mol. The predicted octanol–water partition coefficient (Wildman–Crippen LogP) is 5.07. The number of nitrogens with two attached hydrogens (primary N) is 1. The van der Waals surface area contributed by atoms with Crippen LogP contribution < -0.4 is 10.5 Å². The van der Waals surface area contributed by atoms with Crippen LogP contribution in [0.4, 0.5) is 5.69 Å². The van der Waals surface area contributed by atoms with Crippen LogP contribution in [0.3, 0.4) is 0 Å². The molecule has 0 saturated carbocycles. The quantitative estimate of drug-likeness (QED) is 0.785. The third-order valence-corrected chi connectivity index (χ3v) is 3.30. The van der Waals surface area contributed by atoms with Crippen LogP contribution in [0.2, 0.25) is 20.1 Å². The Kier molecular flexibility index (Phi) is 4.07. The Morgan fingerprint density at radius 2 is 1.56 bits per heavy atom. The minimum atomic E-state index is 0.186. The maximum Gasteiger partial charge on any atom is 0.238 e. The molecule has 0 spiro atoms. The van der Waals surface area contributed by atoms with E-state index in [1.807, 2.05) is 0 Å². The maximum absolute atomic E-state index is 5.97. The van der Waals surface area contributed by atoms with E-state index in [-0.39, 0.29) is 10.9 Å². The molecule has 0 fully saturated rings. The highest BCUT2D eigenvalue weighted by atomic mass is 35.5. The molecule has 2 rings (SSSR count). The van der Waals surface area contributed by atoms with Crippen LogP contribution in [-0.4, -0.2) is 4.98 Å². The van der Waals surface area contributed by atoms with Gasteiger partial charge in [0.1, 0.15) is 10.8 Å². The lowest BCUT2D eigenvalue weighted by Gasteiger charge is -2.09. The summed E-state index contributed by atoms with van der Waals surface area (Å²) in [4.78, 5) is 3.95. The SMILES string of the molecule is Nc1cnc(Oc2cc(Cl)c(Cl)cc2Cl)c(Cl)c1. The molecule has 1 aromatic heterocycles. The van der Waals surface area contributed by atoms with Crippen molar-refractivity contribution in [3.8, 4) is 11.6 Å². The van der Waals surface area contributed by atoms with Gasteiger partial charge in [-0.15, -0.1) is 0 Å². The van der Waals surface area contributed by atoms with Crippen molar-refractivity contribution < 1.29 is 4.74 Å². The van der Waals surface area contributed by atoms with E-state index >= 15 is 0 Å². The minimum Gasteiger partial charge on any atom is -0.436 e. The Hall–Kier alpha value is -0.870. The molecule has 2 N–H and O–H groups in total. The van der Waals surface area contributed by atoms with Crippen molar-refractivity contribution in [1.82, 2.24) is 4.98 Å². The molecule has 1 heterocycles. The van der Waals surface area contributed by atoms with Crippen LogP contribution in [0, 0.1) is 0 Å². The summed E-state index contributed by atoms with van der Waals surface area (Å²) in [6.07, 6.45) is 1.42. The fourth-order valence-electron chi connectivity index (χ4n) is 1.20. The van der Waals surface area contributed by atoms with Crippen LogP contribution in [0.5, 0.6) is 11.6 Å². The van der Waals surface area contributed by atoms with Gasteiger partial charge in [0, 0.05) is 6.07 Å². The Morgan fingerprint density at radius 1 is 0.889 bits per heavy atom. The molecule has 0 radical (unpaired) electrons. The number of hydrogen-bond donors (Lipinski definition) is 1. The van der Waals surface area contributed by atoms with E-state index in [4.69, 9.17) is 56.9 Å². The summed E-state index contributed by atoms with van der Waals surface area (Å²) in [5.41, 5.74) is 5.97. The molecule has 0 aliphatic carbocycles. The number of aromatic nitrogens is 1. The van der Waals surface area contributed by atoms with Crippen LogP contribution in [0.15, 0.2) is 24.4 Å². The first-order chi connectivity index (χ1) is 8.47. The largest absolute Gasteiger partial charge is 0.436 e. The summed E-state index contributed by atoms with van der Waals surface area (Å²) in [5.74, 6) is 0.497. The highest BCUT2D eigenvalue weighted by molar-refractivity contribution is 6.43. The van der Waals surface area contributed by atoms with Gasteiger partial charge >= 0.3 is 0 Å². The maximum atomic E-state index is 5.97.